The van der Waals surface area contributed by atoms with Crippen molar-refractivity contribution in [3.8, 4) is 0 Å². The fraction of sp³-hybridized carbons (Fsp3) is 0.318. The van der Waals surface area contributed by atoms with Crippen LogP contribution in [0.2, 0.25) is 0 Å². The van der Waals surface area contributed by atoms with Gasteiger partial charge >= 0.3 is 5.97 Å². The number of benzene rings is 2. The number of carboxylic acid groups (broad SMARTS) is 1. The Morgan fingerprint density at radius 2 is 1.29 bits per heavy atom. The molecule has 2 atom stereocenters. The highest BCUT2D eigenvalue weighted by Crippen LogP contribution is 2.30. The van der Waals surface area contributed by atoms with Gasteiger partial charge in [0.1, 0.15) is 0 Å². The number of hydrogen-bond acceptors (Lipinski definition) is 3. The van der Waals surface area contributed by atoms with Gasteiger partial charge in [-0.15, -0.1) is 0 Å². The molecule has 1 aliphatic carbocycles. The summed E-state index contributed by atoms with van der Waals surface area (Å²) in [4.78, 5) is 36.8. The standard InChI is InChI=1S/C22H24N2O4/c25-20(17-13-7-8-14-18(17)22(27)28)23-24-21(26)19(15-9-3-1-4-10-15)16-11-5-2-6-12-16/h1-6,9-12,17-19H,7-8,13-14H2,(H,23,25)(H,24,26)(H,27,28). The van der Waals surface area contributed by atoms with E-state index >= 15 is 0 Å². The fourth-order valence-electron chi connectivity index (χ4n) is 3.81. The molecule has 146 valence electrons. The Morgan fingerprint density at radius 3 is 1.79 bits per heavy atom. The zero-order valence-electron chi connectivity index (χ0n) is 15.5. The van der Waals surface area contributed by atoms with Crippen LogP contribution in [-0.2, 0) is 14.4 Å². The smallest absolute Gasteiger partial charge is 0.307 e. The Labute approximate surface area is 163 Å². The van der Waals surface area contributed by atoms with Gasteiger partial charge < -0.3 is 5.11 Å². The van der Waals surface area contributed by atoms with Crippen LogP contribution in [0.5, 0.6) is 0 Å². The topological polar surface area (TPSA) is 95.5 Å². The van der Waals surface area contributed by atoms with Crippen LogP contribution in [0.1, 0.15) is 42.7 Å². The maximum atomic E-state index is 12.9. The summed E-state index contributed by atoms with van der Waals surface area (Å²) in [6.45, 7) is 0. The van der Waals surface area contributed by atoms with E-state index in [9.17, 15) is 19.5 Å². The van der Waals surface area contributed by atoms with Gasteiger partial charge in [-0.3, -0.25) is 25.2 Å². The van der Waals surface area contributed by atoms with E-state index in [-0.39, 0.29) is 5.91 Å². The lowest BCUT2D eigenvalue weighted by molar-refractivity contribution is -0.149. The van der Waals surface area contributed by atoms with E-state index in [2.05, 4.69) is 10.9 Å². The summed E-state index contributed by atoms with van der Waals surface area (Å²) >= 11 is 0. The first-order valence-electron chi connectivity index (χ1n) is 9.50. The largest absolute Gasteiger partial charge is 0.481 e. The minimum absolute atomic E-state index is 0.367. The van der Waals surface area contributed by atoms with Crippen LogP contribution >= 0.6 is 0 Å². The Hall–Kier alpha value is -3.15. The highest BCUT2D eigenvalue weighted by molar-refractivity contribution is 5.90. The number of nitrogens with one attached hydrogen (secondary N) is 2. The van der Waals surface area contributed by atoms with E-state index in [4.69, 9.17) is 0 Å². The van der Waals surface area contributed by atoms with E-state index in [1.54, 1.807) is 0 Å². The molecule has 2 amide bonds. The molecule has 2 aromatic rings. The van der Waals surface area contributed by atoms with E-state index < -0.39 is 29.6 Å². The molecule has 1 aliphatic rings. The predicted octanol–water partition coefficient (Wildman–Crippen LogP) is 2.86. The number of carbonyl (C=O) groups excluding carboxylic acids is 2. The first-order chi connectivity index (χ1) is 13.6. The van der Waals surface area contributed by atoms with Gasteiger partial charge in [0.15, 0.2) is 0 Å². The van der Waals surface area contributed by atoms with Crippen LogP contribution in [0, 0.1) is 11.8 Å². The van der Waals surface area contributed by atoms with Gasteiger partial charge in [0, 0.05) is 0 Å². The first-order valence-corrected chi connectivity index (χ1v) is 9.50. The van der Waals surface area contributed by atoms with Crippen LogP contribution < -0.4 is 10.9 Å². The molecule has 0 bridgehead atoms. The molecule has 0 spiro atoms. The minimum Gasteiger partial charge on any atom is -0.481 e. The molecule has 3 rings (SSSR count). The van der Waals surface area contributed by atoms with Crippen molar-refractivity contribution in [2.45, 2.75) is 31.6 Å². The fourth-order valence-corrected chi connectivity index (χ4v) is 3.81. The number of carbonyl (C=O) groups is 3. The molecular formula is C22H24N2O4. The van der Waals surface area contributed by atoms with Gasteiger partial charge in [0.25, 0.3) is 0 Å². The lowest BCUT2D eigenvalue weighted by Gasteiger charge is -2.27. The maximum absolute atomic E-state index is 12.9. The van der Waals surface area contributed by atoms with Gasteiger partial charge in [-0.1, -0.05) is 73.5 Å². The third-order valence-electron chi connectivity index (χ3n) is 5.26. The lowest BCUT2D eigenvalue weighted by Crippen LogP contribution is -2.49. The minimum atomic E-state index is -0.961. The SMILES string of the molecule is O=C(NNC(=O)C1CCCCC1C(=O)O)C(c1ccccc1)c1ccccc1. The molecule has 6 nitrogen and oxygen atoms in total. The molecule has 0 radical (unpaired) electrons. The molecule has 1 saturated carbocycles. The first kappa shape index (κ1) is 19.6. The van der Waals surface area contributed by atoms with Crippen LogP contribution in [0.25, 0.3) is 0 Å². The van der Waals surface area contributed by atoms with Crippen molar-refractivity contribution in [1.82, 2.24) is 10.9 Å². The molecule has 28 heavy (non-hydrogen) atoms. The van der Waals surface area contributed by atoms with Crippen molar-refractivity contribution in [3.63, 3.8) is 0 Å². The third kappa shape index (κ3) is 4.57. The van der Waals surface area contributed by atoms with Crippen LogP contribution in [0.3, 0.4) is 0 Å². The average molecular weight is 380 g/mol. The zero-order valence-corrected chi connectivity index (χ0v) is 15.5. The summed E-state index contributed by atoms with van der Waals surface area (Å²) in [5.41, 5.74) is 6.57. The molecule has 1 fully saturated rings. The third-order valence-corrected chi connectivity index (χ3v) is 5.26. The quantitative estimate of drug-likeness (QED) is 0.695. The summed E-state index contributed by atoms with van der Waals surface area (Å²) in [5, 5.41) is 9.35. The maximum Gasteiger partial charge on any atom is 0.307 e. The highest BCUT2D eigenvalue weighted by Gasteiger charge is 2.36. The van der Waals surface area contributed by atoms with Crippen molar-refractivity contribution in [2.75, 3.05) is 0 Å². The van der Waals surface area contributed by atoms with Gasteiger partial charge in [0.05, 0.1) is 17.8 Å². The van der Waals surface area contributed by atoms with Gasteiger partial charge in [-0.05, 0) is 24.0 Å². The molecule has 0 saturated heterocycles. The van der Waals surface area contributed by atoms with Gasteiger partial charge in [-0.25, -0.2) is 0 Å². The number of hydrazine groups is 1. The number of carboxylic acids is 1. The Kier molecular flexibility index (Phi) is 6.42. The van der Waals surface area contributed by atoms with E-state index in [0.717, 1.165) is 24.0 Å². The van der Waals surface area contributed by atoms with Crippen molar-refractivity contribution < 1.29 is 19.5 Å². The molecule has 2 unspecified atom stereocenters. The molecule has 0 aliphatic heterocycles. The normalized spacial score (nSPS) is 19.0. The van der Waals surface area contributed by atoms with Crippen molar-refractivity contribution in [1.29, 1.82) is 0 Å². The molecule has 6 heteroatoms. The second kappa shape index (κ2) is 9.17. The van der Waals surface area contributed by atoms with Crippen LogP contribution in [-0.4, -0.2) is 22.9 Å². The highest BCUT2D eigenvalue weighted by atomic mass is 16.4. The summed E-state index contributed by atoms with van der Waals surface area (Å²) in [6, 6.07) is 18.6. The van der Waals surface area contributed by atoms with Gasteiger partial charge in [0.2, 0.25) is 11.8 Å². The molecule has 0 aromatic heterocycles. The Balaban J connectivity index is 1.72. The number of rotatable bonds is 5. The summed E-state index contributed by atoms with van der Waals surface area (Å²) in [5.74, 6) is -3.68. The van der Waals surface area contributed by atoms with Gasteiger partial charge in [-0.2, -0.15) is 0 Å². The van der Waals surface area contributed by atoms with Crippen molar-refractivity contribution in [2.24, 2.45) is 11.8 Å². The molecular weight excluding hydrogens is 356 g/mol. The zero-order chi connectivity index (χ0) is 19.9. The molecule has 3 N–H and O–H groups in total. The predicted molar refractivity (Wildman–Crippen MR) is 104 cm³/mol. The second-order valence-corrected chi connectivity index (χ2v) is 7.07. The molecule has 2 aromatic carbocycles. The Bertz CT molecular complexity index is 783. The number of hydrogen-bond donors (Lipinski definition) is 3. The monoisotopic (exact) mass is 380 g/mol. The van der Waals surface area contributed by atoms with E-state index in [0.29, 0.717) is 12.8 Å². The van der Waals surface area contributed by atoms with Crippen molar-refractivity contribution >= 4 is 17.8 Å². The molecule has 0 heterocycles. The average Bonchev–Trinajstić information content (AvgIpc) is 2.73. The summed E-state index contributed by atoms with van der Waals surface area (Å²) in [6.07, 6.45) is 2.61. The summed E-state index contributed by atoms with van der Waals surface area (Å²) < 4.78 is 0. The number of aliphatic carboxylic acids is 1. The summed E-state index contributed by atoms with van der Waals surface area (Å²) in [7, 11) is 0. The van der Waals surface area contributed by atoms with E-state index in [1.165, 1.54) is 0 Å². The Morgan fingerprint density at radius 1 is 0.786 bits per heavy atom. The number of amides is 2. The second-order valence-electron chi connectivity index (χ2n) is 7.07. The van der Waals surface area contributed by atoms with Crippen molar-refractivity contribution in [3.05, 3.63) is 71.8 Å². The van der Waals surface area contributed by atoms with E-state index in [1.807, 2.05) is 60.7 Å². The lowest BCUT2D eigenvalue weighted by atomic mass is 9.79. The van der Waals surface area contributed by atoms with Crippen LogP contribution in [0.15, 0.2) is 60.7 Å². The van der Waals surface area contributed by atoms with Crippen LogP contribution in [0.4, 0.5) is 0 Å².